The second-order valence-corrected chi connectivity index (χ2v) is 10.6. The molecule has 0 bridgehead atoms. The number of carbonyl (C=O) groups is 1. The first-order valence-corrected chi connectivity index (χ1v) is 12.2. The summed E-state index contributed by atoms with van der Waals surface area (Å²) in [4.78, 5) is 17.5. The van der Waals surface area contributed by atoms with E-state index in [0.717, 1.165) is 39.0 Å². The number of nitrogens with one attached hydrogen (secondary N) is 1. The van der Waals surface area contributed by atoms with Gasteiger partial charge in [0.1, 0.15) is 5.65 Å². The lowest BCUT2D eigenvalue weighted by molar-refractivity contribution is -0.160. The number of aryl methyl sites for hydroxylation is 2. The molecule has 0 saturated heterocycles. The highest BCUT2D eigenvalue weighted by Crippen LogP contribution is 2.42. The van der Waals surface area contributed by atoms with E-state index >= 15 is 0 Å². The number of aliphatic carboxylic acids is 1. The third kappa shape index (κ3) is 5.04. The van der Waals surface area contributed by atoms with E-state index in [4.69, 9.17) is 21.3 Å². The van der Waals surface area contributed by atoms with Crippen molar-refractivity contribution < 1.29 is 19.0 Å². The Bertz CT molecular complexity index is 1400. The van der Waals surface area contributed by atoms with Gasteiger partial charge >= 0.3 is 5.97 Å². The van der Waals surface area contributed by atoms with E-state index in [1.54, 1.807) is 18.2 Å². The number of halogens is 2. The van der Waals surface area contributed by atoms with Crippen molar-refractivity contribution in [2.45, 2.75) is 59.8 Å². The number of carboxylic acid groups (broad SMARTS) is 1. The lowest BCUT2D eigenvalue weighted by Gasteiger charge is -2.28. The third-order valence-corrected chi connectivity index (χ3v) is 6.64. The second kappa shape index (κ2) is 9.71. The zero-order chi connectivity index (χ0) is 26.4. The second-order valence-electron chi connectivity index (χ2n) is 10.1. The van der Waals surface area contributed by atoms with Crippen molar-refractivity contribution in [1.82, 2.24) is 14.9 Å². The molecule has 190 valence electrons. The van der Waals surface area contributed by atoms with E-state index in [2.05, 4.69) is 9.88 Å². The molecule has 1 aliphatic heterocycles. The summed E-state index contributed by atoms with van der Waals surface area (Å²) in [5.74, 6) is -1.43. The van der Waals surface area contributed by atoms with Crippen LogP contribution in [0.15, 0.2) is 47.9 Å². The number of carboxylic acids is 1. The van der Waals surface area contributed by atoms with Crippen molar-refractivity contribution in [2.75, 3.05) is 6.54 Å². The number of benzene rings is 1. The van der Waals surface area contributed by atoms with Crippen molar-refractivity contribution in [3.8, 4) is 11.1 Å². The molecule has 2 aromatic heterocycles. The van der Waals surface area contributed by atoms with Crippen LogP contribution in [0.4, 0.5) is 4.39 Å². The van der Waals surface area contributed by atoms with E-state index in [-0.39, 0.29) is 5.95 Å². The molecule has 6 nitrogen and oxygen atoms in total. The van der Waals surface area contributed by atoms with Gasteiger partial charge in [-0.15, -0.1) is 0 Å². The minimum atomic E-state index is -1.21. The zero-order valence-corrected chi connectivity index (χ0v) is 22.1. The first kappa shape index (κ1) is 25.9. The molecule has 0 amide bonds. The Hall–Kier alpha value is -3.16. The van der Waals surface area contributed by atoms with E-state index < -0.39 is 17.7 Å². The fourth-order valence-electron chi connectivity index (χ4n) is 4.63. The highest BCUT2D eigenvalue weighted by molar-refractivity contribution is 6.30. The van der Waals surface area contributed by atoms with Crippen LogP contribution in [-0.2, 0) is 16.1 Å². The Balaban J connectivity index is 2.04. The minimum absolute atomic E-state index is 0.355. The SMILES string of the molecule is Cc1nc2c(c(C)c(C)n2CC2=CC=C(F)NC2)c(-c2ccc(Cl)cc2)c1[C@H](OC(C)(C)C)C(=O)O. The number of fused-ring (bicyclic) bond motifs is 1. The molecule has 2 N–H and O–H groups in total. The summed E-state index contributed by atoms with van der Waals surface area (Å²) < 4.78 is 21.7. The molecular weight excluding hydrogens is 481 g/mol. The number of pyridine rings is 1. The number of nitrogens with zero attached hydrogens (tertiary/aromatic N) is 2. The average molecular weight is 512 g/mol. The molecular formula is C28H31ClFN3O3. The van der Waals surface area contributed by atoms with Gasteiger partial charge in [-0.3, -0.25) is 0 Å². The van der Waals surface area contributed by atoms with E-state index in [0.29, 0.717) is 29.4 Å². The van der Waals surface area contributed by atoms with Crippen LogP contribution in [0.5, 0.6) is 0 Å². The highest BCUT2D eigenvalue weighted by Gasteiger charge is 2.33. The van der Waals surface area contributed by atoms with Crippen LogP contribution in [-0.4, -0.2) is 32.8 Å². The van der Waals surface area contributed by atoms with Gasteiger partial charge in [-0.1, -0.05) is 29.8 Å². The summed E-state index contributed by atoms with van der Waals surface area (Å²) in [6.45, 7) is 12.3. The van der Waals surface area contributed by atoms with Crippen molar-refractivity contribution in [3.05, 3.63) is 75.5 Å². The standard InChI is InChI=1S/C28H31ClFN3O3/c1-15-17(3)33(14-18-7-12-21(30)31-13-18)26-22(15)24(19-8-10-20(29)11-9-19)23(16(2)32-26)25(27(34)35)36-28(4,5)6/h7-12,25,31H,13-14H2,1-6H3,(H,34,35)/t25-/m0/s1. The van der Waals surface area contributed by atoms with Gasteiger partial charge in [0.05, 0.1) is 5.60 Å². The van der Waals surface area contributed by atoms with Gasteiger partial charge in [-0.25, -0.2) is 9.78 Å². The summed E-state index contributed by atoms with van der Waals surface area (Å²) >= 11 is 6.19. The summed E-state index contributed by atoms with van der Waals surface area (Å²) in [5.41, 5.74) is 5.75. The Morgan fingerprint density at radius 3 is 2.44 bits per heavy atom. The van der Waals surface area contributed by atoms with Crippen LogP contribution < -0.4 is 5.32 Å². The Labute approximate surface area is 215 Å². The maximum atomic E-state index is 13.5. The van der Waals surface area contributed by atoms with Crippen LogP contribution in [0.3, 0.4) is 0 Å². The number of allylic oxidation sites excluding steroid dienone is 2. The molecule has 0 aliphatic carbocycles. The number of rotatable bonds is 6. The maximum absolute atomic E-state index is 13.5. The van der Waals surface area contributed by atoms with Crippen LogP contribution >= 0.6 is 11.6 Å². The zero-order valence-electron chi connectivity index (χ0n) is 21.4. The molecule has 3 heterocycles. The van der Waals surface area contributed by atoms with Crippen molar-refractivity contribution in [3.63, 3.8) is 0 Å². The molecule has 1 atom stereocenters. The molecule has 1 aliphatic rings. The molecule has 36 heavy (non-hydrogen) atoms. The molecule has 4 rings (SSSR count). The number of dihydropyridines is 1. The van der Waals surface area contributed by atoms with Gasteiger partial charge in [-0.05, 0) is 76.5 Å². The number of hydrogen-bond donors (Lipinski definition) is 2. The lowest BCUT2D eigenvalue weighted by atomic mass is 9.91. The molecule has 1 aromatic carbocycles. The molecule has 8 heteroatoms. The molecule has 0 saturated carbocycles. The molecule has 0 spiro atoms. The topological polar surface area (TPSA) is 76.4 Å². The summed E-state index contributed by atoms with van der Waals surface area (Å²) in [6, 6.07) is 7.37. The number of aromatic nitrogens is 2. The van der Waals surface area contributed by atoms with Crippen molar-refractivity contribution in [1.29, 1.82) is 0 Å². The minimum Gasteiger partial charge on any atom is -0.479 e. The van der Waals surface area contributed by atoms with Gasteiger partial charge in [-0.2, -0.15) is 4.39 Å². The predicted molar refractivity (Wildman–Crippen MR) is 141 cm³/mol. The summed E-state index contributed by atoms with van der Waals surface area (Å²) in [6.07, 6.45) is 1.99. The van der Waals surface area contributed by atoms with Crippen molar-refractivity contribution >= 4 is 28.6 Å². The normalized spacial score (nSPS) is 14.9. The van der Waals surface area contributed by atoms with E-state index in [1.807, 2.05) is 53.7 Å². The van der Waals surface area contributed by atoms with Crippen LogP contribution in [0, 0.1) is 20.8 Å². The monoisotopic (exact) mass is 511 g/mol. The number of ether oxygens (including phenoxy) is 1. The molecule has 0 fully saturated rings. The van der Waals surface area contributed by atoms with E-state index in [9.17, 15) is 14.3 Å². The quantitative estimate of drug-likeness (QED) is 0.366. The van der Waals surface area contributed by atoms with Crippen molar-refractivity contribution in [2.24, 2.45) is 0 Å². The fourth-order valence-corrected chi connectivity index (χ4v) is 4.76. The van der Waals surface area contributed by atoms with E-state index in [1.165, 1.54) is 6.08 Å². The Morgan fingerprint density at radius 2 is 1.89 bits per heavy atom. The Morgan fingerprint density at radius 1 is 1.22 bits per heavy atom. The first-order valence-electron chi connectivity index (χ1n) is 11.8. The van der Waals surface area contributed by atoms with Crippen LogP contribution in [0.1, 0.15) is 49.4 Å². The smallest absolute Gasteiger partial charge is 0.337 e. The van der Waals surface area contributed by atoms with Gasteiger partial charge in [0.2, 0.25) is 0 Å². The average Bonchev–Trinajstić information content (AvgIpc) is 3.02. The summed E-state index contributed by atoms with van der Waals surface area (Å²) in [7, 11) is 0. The predicted octanol–water partition coefficient (Wildman–Crippen LogP) is 6.56. The molecule has 0 radical (unpaired) electrons. The van der Waals surface area contributed by atoms with Gasteiger partial charge in [0.15, 0.2) is 12.1 Å². The molecule has 3 aromatic rings. The maximum Gasteiger partial charge on any atom is 0.337 e. The van der Waals surface area contributed by atoms with Crippen LogP contribution in [0.2, 0.25) is 5.02 Å². The summed E-state index contributed by atoms with van der Waals surface area (Å²) in [5, 5.41) is 14.4. The molecule has 0 unspecified atom stereocenters. The van der Waals surface area contributed by atoms with Gasteiger partial charge < -0.3 is 19.7 Å². The lowest BCUT2D eigenvalue weighted by Crippen LogP contribution is -2.28. The number of hydrogen-bond acceptors (Lipinski definition) is 4. The van der Waals surface area contributed by atoms with Gasteiger partial charge in [0, 0.05) is 46.0 Å². The van der Waals surface area contributed by atoms with Gasteiger partial charge in [0.25, 0.3) is 0 Å². The highest BCUT2D eigenvalue weighted by atomic mass is 35.5. The largest absolute Gasteiger partial charge is 0.479 e. The Kier molecular flexibility index (Phi) is 6.99. The fraction of sp³-hybridized carbons (Fsp3) is 0.357. The first-order chi connectivity index (χ1) is 16.9. The third-order valence-electron chi connectivity index (χ3n) is 6.39. The van der Waals surface area contributed by atoms with Crippen LogP contribution in [0.25, 0.3) is 22.2 Å².